The number of carbonyl (C=O) groups is 1. The number of aryl methyl sites for hydroxylation is 1. The van der Waals surface area contributed by atoms with Crippen molar-refractivity contribution >= 4 is 17.5 Å². The molecule has 0 spiro atoms. The predicted octanol–water partition coefficient (Wildman–Crippen LogP) is 6.11. The van der Waals surface area contributed by atoms with Crippen LogP contribution < -0.4 is 20.1 Å². The van der Waals surface area contributed by atoms with Crippen LogP contribution in [0.25, 0.3) is 0 Å². The Kier molecular flexibility index (Phi) is 9.87. The van der Waals surface area contributed by atoms with Crippen LogP contribution in [0.4, 0.5) is 22.0 Å². The summed E-state index contributed by atoms with van der Waals surface area (Å²) in [6, 6.07) is 11.9. The van der Waals surface area contributed by atoms with Crippen molar-refractivity contribution in [3.63, 3.8) is 0 Å². The van der Waals surface area contributed by atoms with E-state index in [-0.39, 0.29) is 17.4 Å². The van der Waals surface area contributed by atoms with Gasteiger partial charge in [-0.05, 0) is 59.9 Å². The number of aromatic nitrogens is 1. The van der Waals surface area contributed by atoms with Crippen LogP contribution in [0.3, 0.4) is 0 Å². The third-order valence-corrected chi connectivity index (χ3v) is 5.97. The first-order valence-corrected chi connectivity index (χ1v) is 11.8. The molecule has 0 aliphatic rings. The quantitative estimate of drug-likeness (QED) is 0.278. The van der Waals surface area contributed by atoms with Crippen molar-refractivity contribution in [3.8, 4) is 11.5 Å². The molecular weight excluding hydrogens is 533 g/mol. The molecule has 0 saturated carbocycles. The summed E-state index contributed by atoms with van der Waals surface area (Å²) >= 11 is 6.00. The fourth-order valence-corrected chi connectivity index (χ4v) is 3.94. The van der Waals surface area contributed by atoms with Gasteiger partial charge in [-0.3, -0.25) is 15.1 Å². The van der Waals surface area contributed by atoms with Crippen LogP contribution in [0, 0.1) is 0 Å². The number of hydrogen-bond acceptors (Lipinski definition) is 5. The Morgan fingerprint density at radius 2 is 1.71 bits per heavy atom. The molecule has 0 radical (unpaired) electrons. The van der Waals surface area contributed by atoms with E-state index < -0.39 is 30.6 Å². The average Bonchev–Trinajstić information content (AvgIpc) is 2.89. The number of likely N-dealkylation sites (N-methyl/N-ethyl adjacent to an activating group) is 1. The first-order valence-electron chi connectivity index (χ1n) is 11.4. The summed E-state index contributed by atoms with van der Waals surface area (Å²) in [5.41, 5.74) is 0.723. The van der Waals surface area contributed by atoms with E-state index in [4.69, 9.17) is 16.3 Å². The van der Waals surface area contributed by atoms with E-state index in [1.54, 1.807) is 30.3 Å². The van der Waals surface area contributed by atoms with E-state index in [1.165, 1.54) is 32.4 Å². The molecule has 1 unspecified atom stereocenters. The smallest absolute Gasteiger partial charge is 0.433 e. The Hall–Kier alpha value is -3.44. The molecule has 0 saturated heterocycles. The second kappa shape index (κ2) is 12.9. The summed E-state index contributed by atoms with van der Waals surface area (Å²) in [5, 5.41) is 6.36. The minimum atomic E-state index is -4.56. The maximum absolute atomic E-state index is 12.9. The number of hydrogen-bond donors (Lipinski definition) is 2. The lowest BCUT2D eigenvalue weighted by Gasteiger charge is -2.26. The number of benzene rings is 2. The van der Waals surface area contributed by atoms with E-state index in [0.717, 1.165) is 12.3 Å². The van der Waals surface area contributed by atoms with Crippen LogP contribution in [0.15, 0.2) is 60.8 Å². The van der Waals surface area contributed by atoms with Gasteiger partial charge in [0.25, 0.3) is 0 Å². The summed E-state index contributed by atoms with van der Waals surface area (Å²) in [6.07, 6.45) is -2.80. The van der Waals surface area contributed by atoms with Crippen molar-refractivity contribution in [3.05, 3.63) is 88.2 Å². The summed E-state index contributed by atoms with van der Waals surface area (Å²) in [7, 11) is 2.78. The van der Waals surface area contributed by atoms with E-state index in [2.05, 4.69) is 20.4 Å². The summed E-state index contributed by atoms with van der Waals surface area (Å²) < 4.78 is 74.0. The highest BCUT2D eigenvalue weighted by molar-refractivity contribution is 6.30. The molecule has 2 N–H and O–H groups in total. The Labute approximate surface area is 221 Å². The van der Waals surface area contributed by atoms with Crippen molar-refractivity contribution < 1.29 is 36.2 Å². The first kappa shape index (κ1) is 29.1. The highest BCUT2D eigenvalue weighted by atomic mass is 35.5. The fraction of sp³-hybridized carbons (Fsp3) is 0.308. The lowest BCUT2D eigenvalue weighted by molar-refractivity contribution is -0.141. The van der Waals surface area contributed by atoms with E-state index >= 15 is 0 Å². The third kappa shape index (κ3) is 7.78. The van der Waals surface area contributed by atoms with Gasteiger partial charge >= 0.3 is 12.8 Å². The second-order valence-electron chi connectivity index (χ2n) is 8.19. The predicted molar refractivity (Wildman–Crippen MR) is 131 cm³/mol. The normalized spacial score (nSPS) is 13.2. The van der Waals surface area contributed by atoms with Crippen LogP contribution >= 0.6 is 11.6 Å². The van der Waals surface area contributed by atoms with Crippen LogP contribution in [-0.2, 0) is 17.4 Å². The summed E-state index contributed by atoms with van der Waals surface area (Å²) in [5.74, 6) is -0.468. The van der Waals surface area contributed by atoms with Gasteiger partial charge in [-0.25, -0.2) is 0 Å². The molecule has 3 rings (SSSR count). The summed E-state index contributed by atoms with van der Waals surface area (Å²) in [6.45, 7) is -3.06. The molecule has 6 nitrogen and oxygen atoms in total. The van der Waals surface area contributed by atoms with Crippen molar-refractivity contribution in [2.45, 2.75) is 37.7 Å². The molecule has 2 atom stereocenters. The molecule has 1 aromatic heterocycles. The Morgan fingerprint density at radius 1 is 1.03 bits per heavy atom. The van der Waals surface area contributed by atoms with Crippen molar-refractivity contribution in [2.75, 3.05) is 14.2 Å². The van der Waals surface area contributed by atoms with Gasteiger partial charge in [-0.1, -0.05) is 35.9 Å². The Balaban J connectivity index is 1.94. The molecule has 38 heavy (non-hydrogen) atoms. The zero-order valence-corrected chi connectivity index (χ0v) is 21.1. The van der Waals surface area contributed by atoms with Gasteiger partial charge in [0, 0.05) is 24.3 Å². The maximum atomic E-state index is 12.9. The van der Waals surface area contributed by atoms with Crippen LogP contribution in [0.5, 0.6) is 11.5 Å². The van der Waals surface area contributed by atoms with Crippen LogP contribution in [0.2, 0.25) is 5.02 Å². The van der Waals surface area contributed by atoms with Crippen LogP contribution in [0.1, 0.15) is 40.9 Å². The number of nitrogens with zero attached hydrogens (tertiary/aromatic N) is 1. The van der Waals surface area contributed by atoms with Gasteiger partial charge in [-0.2, -0.15) is 22.0 Å². The highest BCUT2D eigenvalue weighted by Gasteiger charge is 2.32. The van der Waals surface area contributed by atoms with E-state index in [1.807, 2.05) is 0 Å². The van der Waals surface area contributed by atoms with Gasteiger partial charge in [-0.15, -0.1) is 0 Å². The molecule has 12 heteroatoms. The molecule has 1 heterocycles. The Morgan fingerprint density at radius 3 is 2.26 bits per heavy atom. The van der Waals surface area contributed by atoms with E-state index in [9.17, 15) is 26.7 Å². The van der Waals surface area contributed by atoms with Gasteiger partial charge < -0.3 is 14.8 Å². The molecule has 0 aliphatic heterocycles. The van der Waals surface area contributed by atoms with Gasteiger partial charge in [0.05, 0.1) is 7.11 Å². The number of rotatable bonds is 11. The van der Waals surface area contributed by atoms with Gasteiger partial charge in [0.1, 0.15) is 11.7 Å². The van der Waals surface area contributed by atoms with Crippen LogP contribution in [-0.4, -0.2) is 31.7 Å². The molecule has 3 aromatic rings. The number of pyridine rings is 1. The van der Waals surface area contributed by atoms with Crippen molar-refractivity contribution in [1.82, 2.24) is 15.6 Å². The average molecular weight is 558 g/mol. The lowest BCUT2D eigenvalue weighted by atomic mass is 9.96. The molecule has 2 aromatic carbocycles. The molecule has 204 valence electrons. The zero-order valence-electron chi connectivity index (χ0n) is 20.4. The SMILES string of the molecule is CNC(=O)C(N[C@@H](CCc1ccc(C(F)(F)F)nc1)c1ccc(OC(F)F)c(OC)c1)c1ccc(Cl)cc1. The molecule has 0 aliphatic carbocycles. The number of alkyl halides is 5. The van der Waals surface area contributed by atoms with Crippen molar-refractivity contribution in [2.24, 2.45) is 0 Å². The first-order chi connectivity index (χ1) is 18.0. The van der Waals surface area contributed by atoms with Gasteiger partial charge in [0.15, 0.2) is 11.5 Å². The monoisotopic (exact) mass is 557 g/mol. The maximum Gasteiger partial charge on any atom is 0.433 e. The minimum Gasteiger partial charge on any atom is -0.493 e. The standard InChI is InChI=1S/C26H25ClF5N3O3/c1-33-24(36)23(16-5-8-18(27)9-6-16)35-19(10-3-15-4-12-22(34-14-15)26(30,31)32)17-7-11-20(38-25(28)29)21(13-17)37-2/h4-9,11-14,19,23,25,35H,3,10H2,1-2H3,(H,33,36)/t19-,23?/m0/s1. The van der Waals surface area contributed by atoms with E-state index in [0.29, 0.717) is 34.6 Å². The number of amides is 1. The Bertz CT molecular complexity index is 1210. The molecule has 0 fully saturated rings. The molecule has 0 bridgehead atoms. The summed E-state index contributed by atoms with van der Waals surface area (Å²) in [4.78, 5) is 16.3. The third-order valence-electron chi connectivity index (χ3n) is 5.72. The number of halogens is 6. The molecular formula is C26H25ClF5N3O3. The topological polar surface area (TPSA) is 72.5 Å². The largest absolute Gasteiger partial charge is 0.493 e. The highest BCUT2D eigenvalue weighted by Crippen LogP contribution is 2.34. The van der Waals surface area contributed by atoms with Crippen molar-refractivity contribution in [1.29, 1.82) is 0 Å². The number of nitrogens with one attached hydrogen (secondary N) is 2. The lowest BCUT2D eigenvalue weighted by Crippen LogP contribution is -2.38. The van der Waals surface area contributed by atoms with Gasteiger partial charge in [0.2, 0.25) is 5.91 Å². The number of carbonyl (C=O) groups excluding carboxylic acids is 1. The molecule has 1 amide bonds. The second-order valence-corrected chi connectivity index (χ2v) is 8.63. The number of methoxy groups -OCH3 is 1. The fourth-order valence-electron chi connectivity index (χ4n) is 3.82. The minimum absolute atomic E-state index is 0.0498. The number of ether oxygens (including phenoxy) is 2. The zero-order chi connectivity index (χ0) is 27.9.